The number of nitrogens with zero attached hydrogens (tertiary/aromatic N) is 2. The molecule has 52 heavy (non-hydrogen) atoms. The molecule has 270 valence electrons. The topological polar surface area (TPSA) is 144 Å². The number of carbonyl (C=O) groups excluding carboxylic acids is 4. The number of amides is 4. The highest BCUT2D eigenvalue weighted by atomic mass is 35.5. The van der Waals surface area contributed by atoms with Crippen molar-refractivity contribution in [1.82, 2.24) is 15.1 Å². The Morgan fingerprint density at radius 1 is 0.904 bits per heavy atom. The number of imide groups is 1. The van der Waals surface area contributed by atoms with Crippen LogP contribution in [0.25, 0.3) is 0 Å². The van der Waals surface area contributed by atoms with Gasteiger partial charge in [-0.05, 0) is 60.4 Å². The van der Waals surface area contributed by atoms with Gasteiger partial charge in [-0.15, -0.1) is 0 Å². The van der Waals surface area contributed by atoms with E-state index in [2.05, 4.69) is 5.32 Å². The first-order valence-electron chi connectivity index (χ1n) is 16.7. The molecule has 13 heteroatoms. The van der Waals surface area contributed by atoms with Crippen molar-refractivity contribution < 1.29 is 43.2 Å². The lowest BCUT2D eigenvalue weighted by Crippen LogP contribution is -2.51. The molecule has 6 rings (SSSR count). The van der Waals surface area contributed by atoms with E-state index >= 15 is 0 Å². The number of ether oxygens (including phenoxy) is 4. The summed E-state index contributed by atoms with van der Waals surface area (Å²) in [6.07, 6.45) is -0.782. The predicted molar refractivity (Wildman–Crippen MR) is 191 cm³/mol. The summed E-state index contributed by atoms with van der Waals surface area (Å²) in [5.74, 6) is -0.0980. The van der Waals surface area contributed by atoms with Crippen molar-refractivity contribution in [3.05, 3.63) is 118 Å². The van der Waals surface area contributed by atoms with Crippen molar-refractivity contribution in [3.63, 3.8) is 0 Å². The van der Waals surface area contributed by atoms with E-state index in [9.17, 15) is 24.3 Å². The maximum atomic E-state index is 13.9. The standard InChI is InChI=1S/C39H38ClN3O9/c1-49-32-15-13-28(35(40)36(32)50-2)37(46)41-29(20-24-8-4-3-5-9-24)30(44)22-42(18-16-25-12-14-31-33(21-25)52-23-51-31)34(45)17-19-43-38(47)26-10-6-7-11-27(26)39(43)48/h3-15,21,29-30,44H,16-20,22-23H2,1-2H3,(H,41,46). The quantitative estimate of drug-likeness (QED) is 0.169. The first-order valence-corrected chi connectivity index (χ1v) is 17.1. The average molecular weight is 728 g/mol. The minimum absolute atomic E-state index is 0.0426. The van der Waals surface area contributed by atoms with Gasteiger partial charge in [0.25, 0.3) is 17.7 Å². The second kappa shape index (κ2) is 16.2. The number of halogens is 1. The van der Waals surface area contributed by atoms with Crippen LogP contribution in [0.2, 0.25) is 5.02 Å². The number of aliphatic hydroxyl groups is 1. The van der Waals surface area contributed by atoms with E-state index in [1.165, 1.54) is 25.2 Å². The fourth-order valence-corrected chi connectivity index (χ4v) is 6.62. The molecule has 0 aromatic heterocycles. The van der Waals surface area contributed by atoms with Gasteiger partial charge in [-0.25, -0.2) is 0 Å². The number of nitrogens with one attached hydrogen (secondary N) is 1. The van der Waals surface area contributed by atoms with Gasteiger partial charge in [0.1, 0.15) is 0 Å². The Hall–Kier alpha value is -5.59. The molecule has 0 aliphatic carbocycles. The molecule has 0 bridgehead atoms. The summed E-state index contributed by atoms with van der Waals surface area (Å²) in [5.41, 5.74) is 2.41. The molecule has 0 spiro atoms. The summed E-state index contributed by atoms with van der Waals surface area (Å²) < 4.78 is 21.6. The van der Waals surface area contributed by atoms with E-state index in [0.29, 0.717) is 34.8 Å². The summed E-state index contributed by atoms with van der Waals surface area (Å²) >= 11 is 6.56. The highest BCUT2D eigenvalue weighted by Gasteiger charge is 2.36. The molecule has 2 aliphatic heterocycles. The molecule has 4 amide bonds. The monoisotopic (exact) mass is 727 g/mol. The molecule has 2 unspecified atom stereocenters. The molecule has 0 fully saturated rings. The first kappa shape index (κ1) is 36.2. The number of carbonyl (C=O) groups is 4. The second-order valence-corrected chi connectivity index (χ2v) is 12.7. The van der Waals surface area contributed by atoms with Crippen molar-refractivity contribution >= 4 is 35.2 Å². The fraction of sp³-hybridized carbons (Fsp3) is 0.282. The van der Waals surface area contributed by atoms with Gasteiger partial charge < -0.3 is 34.3 Å². The molecule has 4 aromatic carbocycles. The minimum Gasteiger partial charge on any atom is -0.493 e. The number of fused-ring (bicyclic) bond motifs is 2. The number of aliphatic hydroxyl groups excluding tert-OH is 1. The third-order valence-corrected chi connectivity index (χ3v) is 9.48. The number of hydrogen-bond acceptors (Lipinski definition) is 9. The lowest BCUT2D eigenvalue weighted by Gasteiger charge is -2.31. The van der Waals surface area contributed by atoms with E-state index in [1.807, 2.05) is 42.5 Å². The fourth-order valence-electron chi connectivity index (χ4n) is 6.30. The zero-order valence-electron chi connectivity index (χ0n) is 28.7. The van der Waals surface area contributed by atoms with Crippen LogP contribution in [0.5, 0.6) is 23.0 Å². The predicted octanol–water partition coefficient (Wildman–Crippen LogP) is 4.55. The van der Waals surface area contributed by atoms with Crippen molar-refractivity contribution in [2.24, 2.45) is 0 Å². The zero-order chi connectivity index (χ0) is 36.8. The number of rotatable bonds is 15. The second-order valence-electron chi connectivity index (χ2n) is 12.3. The molecular formula is C39H38ClN3O9. The van der Waals surface area contributed by atoms with E-state index in [1.54, 1.807) is 36.4 Å². The van der Waals surface area contributed by atoms with Gasteiger partial charge in [-0.1, -0.05) is 60.1 Å². The lowest BCUT2D eigenvalue weighted by atomic mass is 9.99. The number of benzene rings is 4. The Labute approximate surface area is 305 Å². The maximum Gasteiger partial charge on any atom is 0.261 e. The van der Waals surface area contributed by atoms with Crippen LogP contribution >= 0.6 is 11.6 Å². The van der Waals surface area contributed by atoms with E-state index in [4.69, 9.17) is 30.5 Å². The zero-order valence-corrected chi connectivity index (χ0v) is 29.4. The Morgan fingerprint density at radius 2 is 1.60 bits per heavy atom. The number of methoxy groups -OCH3 is 2. The van der Waals surface area contributed by atoms with Gasteiger partial charge in [0.15, 0.2) is 23.0 Å². The van der Waals surface area contributed by atoms with E-state index in [-0.39, 0.29) is 61.5 Å². The van der Waals surface area contributed by atoms with Crippen molar-refractivity contribution in [2.45, 2.75) is 31.4 Å². The summed E-state index contributed by atoms with van der Waals surface area (Å²) in [6.45, 7) is 0.00827. The van der Waals surface area contributed by atoms with Gasteiger partial charge in [-0.2, -0.15) is 0 Å². The third-order valence-electron chi connectivity index (χ3n) is 9.10. The molecule has 2 aliphatic rings. The van der Waals surface area contributed by atoms with Gasteiger partial charge >= 0.3 is 0 Å². The molecule has 2 heterocycles. The summed E-state index contributed by atoms with van der Waals surface area (Å²) in [7, 11) is 2.87. The van der Waals surface area contributed by atoms with Crippen LogP contribution in [0.1, 0.15) is 48.6 Å². The third kappa shape index (κ3) is 7.83. The molecule has 0 saturated carbocycles. The van der Waals surface area contributed by atoms with E-state index in [0.717, 1.165) is 16.0 Å². The van der Waals surface area contributed by atoms with Gasteiger partial charge in [-0.3, -0.25) is 24.1 Å². The highest BCUT2D eigenvalue weighted by molar-refractivity contribution is 6.35. The molecule has 0 saturated heterocycles. The molecule has 2 N–H and O–H groups in total. The van der Waals surface area contributed by atoms with Crippen LogP contribution in [0.15, 0.2) is 84.9 Å². The maximum absolute atomic E-state index is 13.9. The van der Waals surface area contributed by atoms with Crippen LogP contribution in [-0.4, -0.2) is 91.3 Å². The van der Waals surface area contributed by atoms with Crippen molar-refractivity contribution in [1.29, 1.82) is 0 Å². The smallest absolute Gasteiger partial charge is 0.261 e. The van der Waals surface area contributed by atoms with Gasteiger partial charge in [0.2, 0.25) is 12.7 Å². The minimum atomic E-state index is -1.25. The van der Waals surface area contributed by atoms with E-state index < -0.39 is 29.9 Å². The van der Waals surface area contributed by atoms with Crippen LogP contribution in [0.3, 0.4) is 0 Å². The van der Waals surface area contributed by atoms with Crippen LogP contribution in [0.4, 0.5) is 0 Å². The molecule has 12 nitrogen and oxygen atoms in total. The van der Waals surface area contributed by atoms with Crippen molar-refractivity contribution in [3.8, 4) is 23.0 Å². The molecule has 0 radical (unpaired) electrons. The molecule has 4 aromatic rings. The highest BCUT2D eigenvalue weighted by Crippen LogP contribution is 2.37. The number of hydrogen-bond donors (Lipinski definition) is 2. The Kier molecular flexibility index (Phi) is 11.3. The Balaban J connectivity index is 1.22. The first-order chi connectivity index (χ1) is 25.2. The summed E-state index contributed by atoms with van der Waals surface area (Å²) in [5, 5.41) is 14.8. The average Bonchev–Trinajstić information content (AvgIpc) is 3.73. The van der Waals surface area contributed by atoms with Gasteiger partial charge in [0, 0.05) is 26.1 Å². The van der Waals surface area contributed by atoms with Crippen LogP contribution in [0, 0.1) is 0 Å². The Morgan fingerprint density at radius 3 is 2.29 bits per heavy atom. The normalized spacial score (nSPS) is 14.1. The SMILES string of the molecule is COc1ccc(C(=O)NC(Cc2ccccc2)C(O)CN(CCc2ccc3c(c2)OCO3)C(=O)CCN2C(=O)c3ccccc3C2=O)c(Cl)c1OC. The summed E-state index contributed by atoms with van der Waals surface area (Å²) in [4.78, 5) is 56.2. The largest absolute Gasteiger partial charge is 0.493 e. The van der Waals surface area contributed by atoms with Crippen molar-refractivity contribution in [2.75, 3.05) is 40.6 Å². The van der Waals surface area contributed by atoms with Gasteiger partial charge in [0.05, 0.1) is 48.1 Å². The lowest BCUT2D eigenvalue weighted by molar-refractivity contribution is -0.133. The Bertz CT molecular complexity index is 1940. The summed E-state index contributed by atoms with van der Waals surface area (Å²) in [6, 6.07) is 23.6. The van der Waals surface area contributed by atoms with Crippen LogP contribution < -0.4 is 24.3 Å². The van der Waals surface area contributed by atoms with Crippen LogP contribution in [-0.2, 0) is 17.6 Å². The molecular weight excluding hydrogens is 690 g/mol. The molecule has 2 atom stereocenters.